The van der Waals surface area contributed by atoms with Crippen molar-refractivity contribution in [2.24, 2.45) is 11.8 Å². The van der Waals surface area contributed by atoms with Crippen molar-refractivity contribution < 1.29 is 13.5 Å². The predicted octanol–water partition coefficient (Wildman–Crippen LogP) is 0.200. The summed E-state index contributed by atoms with van der Waals surface area (Å²) in [6.45, 7) is 0.914. The number of sulfone groups is 1. The summed E-state index contributed by atoms with van der Waals surface area (Å²) in [4.78, 5) is 4.54. The first-order valence-electron chi connectivity index (χ1n) is 7.29. The maximum atomic E-state index is 11.7. The Bertz CT molecular complexity index is 582. The molecule has 0 saturated carbocycles. The van der Waals surface area contributed by atoms with Crippen LogP contribution < -0.4 is 0 Å². The predicted molar refractivity (Wildman–Crippen MR) is 74.0 cm³/mol. The monoisotopic (exact) mass is 299 g/mol. The first kappa shape index (κ1) is 14.0. The molecule has 0 bridgehead atoms. The zero-order valence-corrected chi connectivity index (χ0v) is 12.3. The number of rotatable bonds is 3. The number of aliphatic hydroxyl groups is 1. The van der Waals surface area contributed by atoms with E-state index in [1.807, 2.05) is 4.68 Å². The quantitative estimate of drug-likeness (QED) is 0.862. The molecule has 2 aliphatic heterocycles. The van der Waals surface area contributed by atoms with E-state index in [4.69, 9.17) is 0 Å². The molecule has 2 atom stereocenters. The standard InChI is InChI=1S/C13H21N3O3S/c17-8-11-3-4-13-14-12(15-16(13)7-11)6-10-2-1-5-20(18,19)9-10/h10-11,17H,1-9H2. The average Bonchev–Trinajstić information content (AvgIpc) is 2.78. The van der Waals surface area contributed by atoms with Crippen LogP contribution in [0.25, 0.3) is 0 Å². The summed E-state index contributed by atoms with van der Waals surface area (Å²) < 4.78 is 25.2. The Morgan fingerprint density at radius 2 is 2.15 bits per heavy atom. The lowest BCUT2D eigenvalue weighted by Gasteiger charge is -2.20. The molecular formula is C13H21N3O3S. The van der Waals surface area contributed by atoms with Crippen molar-refractivity contribution in [1.82, 2.24) is 14.8 Å². The van der Waals surface area contributed by atoms with Crippen LogP contribution in [0.1, 0.15) is 30.9 Å². The van der Waals surface area contributed by atoms with Gasteiger partial charge in [0.2, 0.25) is 0 Å². The van der Waals surface area contributed by atoms with E-state index in [-0.39, 0.29) is 24.2 Å². The summed E-state index contributed by atoms with van der Waals surface area (Å²) in [5.41, 5.74) is 0. The molecular weight excluding hydrogens is 278 g/mol. The van der Waals surface area contributed by atoms with Crippen molar-refractivity contribution >= 4 is 9.84 Å². The van der Waals surface area contributed by atoms with Gasteiger partial charge in [0.15, 0.2) is 15.7 Å². The lowest BCUT2D eigenvalue weighted by atomic mass is 10.0. The van der Waals surface area contributed by atoms with Crippen LogP contribution in [-0.2, 0) is 29.2 Å². The van der Waals surface area contributed by atoms with Crippen molar-refractivity contribution in [2.45, 2.75) is 38.6 Å². The van der Waals surface area contributed by atoms with Crippen LogP contribution in [0.2, 0.25) is 0 Å². The van der Waals surface area contributed by atoms with E-state index >= 15 is 0 Å². The highest BCUT2D eigenvalue weighted by Crippen LogP contribution is 2.23. The molecule has 0 radical (unpaired) electrons. The van der Waals surface area contributed by atoms with Gasteiger partial charge in [-0.15, -0.1) is 0 Å². The molecule has 1 N–H and O–H groups in total. The van der Waals surface area contributed by atoms with Crippen LogP contribution in [0.15, 0.2) is 0 Å². The molecule has 2 aliphatic rings. The molecule has 20 heavy (non-hydrogen) atoms. The molecule has 0 aliphatic carbocycles. The fourth-order valence-corrected chi connectivity index (χ4v) is 4.97. The third-order valence-electron chi connectivity index (χ3n) is 4.29. The van der Waals surface area contributed by atoms with Gasteiger partial charge >= 0.3 is 0 Å². The molecule has 112 valence electrons. The number of hydrogen-bond acceptors (Lipinski definition) is 5. The Balaban J connectivity index is 1.68. The molecule has 0 aromatic carbocycles. The van der Waals surface area contributed by atoms with E-state index in [1.165, 1.54) is 0 Å². The van der Waals surface area contributed by atoms with Gasteiger partial charge in [0, 0.05) is 31.9 Å². The van der Waals surface area contributed by atoms with Gasteiger partial charge in [0.1, 0.15) is 5.82 Å². The Morgan fingerprint density at radius 3 is 2.90 bits per heavy atom. The summed E-state index contributed by atoms with van der Waals surface area (Å²) in [7, 11) is -2.86. The maximum Gasteiger partial charge on any atom is 0.151 e. The Labute approximate surface area is 119 Å². The SMILES string of the molecule is O=S1(=O)CCCC(Cc2nc3n(n2)CC(CO)CC3)C1. The molecule has 1 saturated heterocycles. The van der Waals surface area contributed by atoms with Crippen molar-refractivity contribution in [3.05, 3.63) is 11.6 Å². The third-order valence-corrected chi connectivity index (χ3v) is 6.18. The van der Waals surface area contributed by atoms with Gasteiger partial charge in [-0.3, -0.25) is 0 Å². The second-order valence-electron chi connectivity index (χ2n) is 6.04. The Kier molecular flexibility index (Phi) is 3.81. The molecule has 1 aromatic rings. The van der Waals surface area contributed by atoms with Crippen molar-refractivity contribution in [3.63, 3.8) is 0 Å². The highest BCUT2D eigenvalue weighted by molar-refractivity contribution is 7.91. The first-order valence-corrected chi connectivity index (χ1v) is 9.12. The van der Waals surface area contributed by atoms with Gasteiger partial charge in [-0.1, -0.05) is 0 Å². The Hall–Kier alpha value is -0.950. The molecule has 3 rings (SSSR count). The minimum absolute atomic E-state index is 0.159. The van der Waals surface area contributed by atoms with Gasteiger partial charge < -0.3 is 5.11 Å². The van der Waals surface area contributed by atoms with Gasteiger partial charge in [-0.05, 0) is 25.2 Å². The van der Waals surface area contributed by atoms with Crippen LogP contribution in [0.3, 0.4) is 0 Å². The largest absolute Gasteiger partial charge is 0.396 e. The minimum Gasteiger partial charge on any atom is -0.396 e. The second kappa shape index (κ2) is 5.44. The highest BCUT2D eigenvalue weighted by Gasteiger charge is 2.27. The van der Waals surface area contributed by atoms with E-state index in [9.17, 15) is 13.5 Å². The number of aliphatic hydroxyl groups excluding tert-OH is 1. The first-order chi connectivity index (χ1) is 9.55. The maximum absolute atomic E-state index is 11.7. The van der Waals surface area contributed by atoms with Crippen LogP contribution in [0.4, 0.5) is 0 Å². The number of hydrogen-bond donors (Lipinski definition) is 1. The van der Waals surface area contributed by atoms with Gasteiger partial charge in [-0.2, -0.15) is 5.10 Å². The Morgan fingerprint density at radius 1 is 1.30 bits per heavy atom. The van der Waals surface area contributed by atoms with Crippen molar-refractivity contribution in [1.29, 1.82) is 0 Å². The number of aromatic nitrogens is 3. The molecule has 0 spiro atoms. The second-order valence-corrected chi connectivity index (χ2v) is 8.27. The van der Waals surface area contributed by atoms with Crippen molar-refractivity contribution in [3.8, 4) is 0 Å². The summed E-state index contributed by atoms with van der Waals surface area (Å²) in [6.07, 6.45) is 4.16. The zero-order chi connectivity index (χ0) is 14.2. The minimum atomic E-state index is -2.86. The molecule has 3 heterocycles. The fraction of sp³-hybridized carbons (Fsp3) is 0.846. The van der Waals surface area contributed by atoms with E-state index in [2.05, 4.69) is 10.1 Å². The fourth-order valence-electron chi connectivity index (χ4n) is 3.20. The third kappa shape index (κ3) is 3.03. The van der Waals surface area contributed by atoms with Gasteiger partial charge in [0.25, 0.3) is 0 Å². The van der Waals surface area contributed by atoms with E-state index in [0.29, 0.717) is 12.2 Å². The normalized spacial score (nSPS) is 29.1. The van der Waals surface area contributed by atoms with Gasteiger partial charge in [-0.25, -0.2) is 18.1 Å². The number of aryl methyl sites for hydroxylation is 1. The lowest BCUT2D eigenvalue weighted by Crippen LogP contribution is -2.26. The van der Waals surface area contributed by atoms with E-state index in [0.717, 1.165) is 43.9 Å². The highest BCUT2D eigenvalue weighted by atomic mass is 32.2. The van der Waals surface area contributed by atoms with E-state index in [1.54, 1.807) is 0 Å². The molecule has 7 heteroatoms. The summed E-state index contributed by atoms with van der Waals surface area (Å²) in [5.74, 6) is 2.77. The average molecular weight is 299 g/mol. The topological polar surface area (TPSA) is 85.1 Å². The van der Waals surface area contributed by atoms with Crippen LogP contribution in [0, 0.1) is 11.8 Å². The van der Waals surface area contributed by atoms with Crippen LogP contribution in [-0.4, -0.2) is 46.4 Å². The summed E-state index contributed by atoms with van der Waals surface area (Å²) in [6, 6.07) is 0. The molecule has 2 unspecified atom stereocenters. The lowest BCUT2D eigenvalue weighted by molar-refractivity contribution is 0.185. The zero-order valence-electron chi connectivity index (χ0n) is 11.5. The number of fused-ring (bicyclic) bond motifs is 1. The molecule has 1 fully saturated rings. The van der Waals surface area contributed by atoms with Gasteiger partial charge in [0.05, 0.1) is 11.5 Å². The molecule has 0 amide bonds. The smallest absolute Gasteiger partial charge is 0.151 e. The molecule has 1 aromatic heterocycles. The summed E-state index contributed by atoms with van der Waals surface area (Å²) in [5, 5.41) is 13.7. The van der Waals surface area contributed by atoms with Crippen LogP contribution in [0.5, 0.6) is 0 Å². The van der Waals surface area contributed by atoms with Crippen molar-refractivity contribution in [2.75, 3.05) is 18.1 Å². The van der Waals surface area contributed by atoms with Crippen LogP contribution >= 0.6 is 0 Å². The van der Waals surface area contributed by atoms with E-state index < -0.39 is 9.84 Å². The summed E-state index contributed by atoms with van der Waals surface area (Å²) >= 11 is 0. The number of nitrogens with zero attached hydrogens (tertiary/aromatic N) is 3. The molecule has 6 nitrogen and oxygen atoms in total.